The van der Waals surface area contributed by atoms with Crippen LogP contribution in [-0.4, -0.2) is 23.8 Å². The smallest absolute Gasteiger partial charge is 0.240 e. The first-order valence-electron chi connectivity index (χ1n) is 11.3. The van der Waals surface area contributed by atoms with Crippen molar-refractivity contribution >= 4 is 39.3 Å². The Morgan fingerprint density at radius 2 is 1.55 bits per heavy atom. The average Bonchev–Trinajstić information content (AvgIpc) is 3.47. The summed E-state index contributed by atoms with van der Waals surface area (Å²) in [5.74, 6) is -1.95. The zero-order valence-electron chi connectivity index (χ0n) is 18.0. The SMILES string of the molecule is NC(=O)[C@H](Cc1ccccc1)NC(=O)[C@H]1[C@H](C(=O)Nc2ccc(Br)cc2)[C@@H]2C=C[C@H]1C21CC1. The van der Waals surface area contributed by atoms with Crippen LogP contribution in [-0.2, 0) is 20.8 Å². The van der Waals surface area contributed by atoms with Crippen molar-refractivity contribution in [3.05, 3.63) is 76.8 Å². The van der Waals surface area contributed by atoms with Gasteiger partial charge in [0.1, 0.15) is 6.04 Å². The maximum Gasteiger partial charge on any atom is 0.240 e. The van der Waals surface area contributed by atoms with Gasteiger partial charge in [-0.1, -0.05) is 58.4 Å². The largest absolute Gasteiger partial charge is 0.368 e. The molecule has 4 N–H and O–H groups in total. The Morgan fingerprint density at radius 3 is 2.12 bits per heavy atom. The quantitative estimate of drug-likeness (QED) is 0.500. The highest BCUT2D eigenvalue weighted by Gasteiger charge is 2.69. The number of hydrogen-bond acceptors (Lipinski definition) is 3. The van der Waals surface area contributed by atoms with Gasteiger partial charge in [-0.15, -0.1) is 0 Å². The number of nitrogens with one attached hydrogen (secondary N) is 2. The van der Waals surface area contributed by atoms with Crippen molar-refractivity contribution in [3.63, 3.8) is 0 Å². The Hall–Kier alpha value is -2.93. The number of carbonyl (C=O) groups excluding carboxylic acids is 3. The van der Waals surface area contributed by atoms with E-state index >= 15 is 0 Å². The summed E-state index contributed by atoms with van der Waals surface area (Å²) in [6.07, 6.45) is 6.57. The molecule has 3 aliphatic carbocycles. The number of rotatable bonds is 7. The molecule has 0 aromatic heterocycles. The zero-order chi connectivity index (χ0) is 23.2. The van der Waals surface area contributed by atoms with Gasteiger partial charge in [0.2, 0.25) is 17.7 Å². The van der Waals surface area contributed by atoms with Crippen molar-refractivity contribution in [2.24, 2.45) is 34.8 Å². The first kappa shape index (κ1) is 21.9. The Labute approximate surface area is 201 Å². The van der Waals surface area contributed by atoms with Crippen LogP contribution in [0.1, 0.15) is 18.4 Å². The van der Waals surface area contributed by atoms with Crippen molar-refractivity contribution in [1.29, 1.82) is 0 Å². The molecule has 2 fully saturated rings. The first-order valence-corrected chi connectivity index (χ1v) is 12.1. The summed E-state index contributed by atoms with van der Waals surface area (Å²) in [4.78, 5) is 39.1. The summed E-state index contributed by atoms with van der Waals surface area (Å²) in [6.45, 7) is 0. The second-order valence-electron chi connectivity index (χ2n) is 9.37. The van der Waals surface area contributed by atoms with E-state index in [9.17, 15) is 14.4 Å². The average molecular weight is 508 g/mol. The van der Waals surface area contributed by atoms with Crippen molar-refractivity contribution in [3.8, 4) is 0 Å². The van der Waals surface area contributed by atoms with E-state index in [4.69, 9.17) is 5.73 Å². The minimum absolute atomic E-state index is 0.00534. The van der Waals surface area contributed by atoms with Crippen molar-refractivity contribution in [1.82, 2.24) is 5.32 Å². The number of benzene rings is 2. The summed E-state index contributed by atoms with van der Waals surface area (Å²) in [5, 5.41) is 5.88. The van der Waals surface area contributed by atoms with Gasteiger partial charge in [0.05, 0.1) is 11.8 Å². The number of allylic oxidation sites excluding steroid dienone is 2. The fourth-order valence-electron chi connectivity index (χ4n) is 5.81. The maximum absolute atomic E-state index is 13.5. The highest BCUT2D eigenvalue weighted by Crippen LogP contribution is 2.72. The number of amides is 3. The van der Waals surface area contributed by atoms with E-state index in [1.54, 1.807) is 0 Å². The van der Waals surface area contributed by atoms with Crippen molar-refractivity contribution in [2.75, 3.05) is 5.32 Å². The van der Waals surface area contributed by atoms with Crippen LogP contribution in [0.5, 0.6) is 0 Å². The van der Waals surface area contributed by atoms with Crippen LogP contribution in [0.2, 0.25) is 0 Å². The molecule has 0 unspecified atom stereocenters. The first-order chi connectivity index (χ1) is 15.9. The van der Waals surface area contributed by atoms with Crippen LogP contribution in [0.4, 0.5) is 5.69 Å². The second kappa shape index (κ2) is 8.45. The van der Waals surface area contributed by atoms with Crippen LogP contribution in [0.15, 0.2) is 71.2 Å². The van der Waals surface area contributed by atoms with Gasteiger partial charge < -0.3 is 16.4 Å². The van der Waals surface area contributed by atoms with E-state index in [2.05, 4.69) is 38.7 Å². The fraction of sp³-hybridized carbons (Fsp3) is 0.346. The molecular weight excluding hydrogens is 482 g/mol. The minimum Gasteiger partial charge on any atom is -0.368 e. The van der Waals surface area contributed by atoms with Gasteiger partial charge in [-0.05, 0) is 59.9 Å². The summed E-state index contributed by atoms with van der Waals surface area (Å²) in [5.41, 5.74) is 7.24. The third-order valence-corrected chi connectivity index (χ3v) is 8.03. The summed E-state index contributed by atoms with van der Waals surface area (Å²) in [6, 6.07) is 16.0. The lowest BCUT2D eigenvalue weighted by Crippen LogP contribution is -2.50. The van der Waals surface area contributed by atoms with Gasteiger partial charge in [0.25, 0.3) is 0 Å². The number of halogens is 1. The molecule has 2 aromatic rings. The van der Waals surface area contributed by atoms with Crippen LogP contribution < -0.4 is 16.4 Å². The molecule has 6 nitrogen and oxygen atoms in total. The summed E-state index contributed by atoms with van der Waals surface area (Å²) < 4.78 is 0.924. The Bertz CT molecular complexity index is 1110. The molecule has 0 radical (unpaired) electrons. The molecule has 0 heterocycles. The number of carbonyl (C=O) groups is 3. The maximum atomic E-state index is 13.5. The van der Waals surface area contributed by atoms with Crippen LogP contribution >= 0.6 is 15.9 Å². The van der Waals surface area contributed by atoms with Gasteiger partial charge in [-0.2, -0.15) is 0 Å². The number of nitrogens with two attached hydrogens (primary N) is 1. The van der Waals surface area contributed by atoms with E-state index in [0.717, 1.165) is 22.9 Å². The van der Waals surface area contributed by atoms with Gasteiger partial charge >= 0.3 is 0 Å². The van der Waals surface area contributed by atoms with Gasteiger partial charge in [-0.25, -0.2) is 0 Å². The molecule has 33 heavy (non-hydrogen) atoms. The Kier molecular flexibility index (Phi) is 5.60. The molecule has 170 valence electrons. The van der Waals surface area contributed by atoms with Gasteiger partial charge in [0.15, 0.2) is 0 Å². The molecule has 0 saturated heterocycles. The lowest BCUT2D eigenvalue weighted by molar-refractivity contribution is -0.135. The number of anilines is 1. The molecule has 1 spiro atoms. The van der Waals surface area contributed by atoms with Crippen LogP contribution in [0.25, 0.3) is 0 Å². The Morgan fingerprint density at radius 1 is 0.939 bits per heavy atom. The van der Waals surface area contributed by atoms with E-state index in [0.29, 0.717) is 12.1 Å². The Balaban J connectivity index is 1.37. The lowest BCUT2D eigenvalue weighted by atomic mass is 9.81. The van der Waals surface area contributed by atoms with E-state index < -0.39 is 23.8 Å². The standard InChI is InChI=1S/C26H26BrN3O3/c27-16-6-8-17(9-7-16)29-24(32)21-18-10-11-19(26(18)12-13-26)22(21)25(33)30-20(23(28)31)14-15-4-2-1-3-5-15/h1-11,18-22H,12-14H2,(H2,28,31)(H,29,32)(H,30,33)/t18-,19+,20-,21+,22+/m0/s1. The van der Waals surface area contributed by atoms with Gasteiger partial charge in [0, 0.05) is 16.6 Å². The molecule has 3 amide bonds. The van der Waals surface area contributed by atoms with E-state index in [1.165, 1.54) is 0 Å². The number of hydrogen-bond donors (Lipinski definition) is 3. The van der Waals surface area contributed by atoms with E-state index in [1.807, 2.05) is 54.6 Å². The van der Waals surface area contributed by atoms with E-state index in [-0.39, 0.29) is 29.1 Å². The third kappa shape index (κ3) is 3.99. The molecule has 5 atom stereocenters. The predicted molar refractivity (Wildman–Crippen MR) is 129 cm³/mol. The fourth-order valence-corrected chi connectivity index (χ4v) is 6.07. The summed E-state index contributed by atoms with van der Waals surface area (Å²) in [7, 11) is 0. The minimum atomic E-state index is -0.826. The van der Waals surface area contributed by atoms with Crippen molar-refractivity contribution in [2.45, 2.75) is 25.3 Å². The topological polar surface area (TPSA) is 101 Å². The monoisotopic (exact) mass is 507 g/mol. The molecule has 7 heteroatoms. The molecule has 5 rings (SSSR count). The number of primary amides is 1. The highest BCUT2D eigenvalue weighted by atomic mass is 79.9. The highest BCUT2D eigenvalue weighted by molar-refractivity contribution is 9.10. The lowest BCUT2D eigenvalue weighted by Gasteiger charge is -2.28. The van der Waals surface area contributed by atoms with Crippen LogP contribution in [0.3, 0.4) is 0 Å². The summed E-state index contributed by atoms with van der Waals surface area (Å²) >= 11 is 3.40. The van der Waals surface area contributed by atoms with Gasteiger partial charge in [-0.3, -0.25) is 14.4 Å². The predicted octanol–water partition coefficient (Wildman–Crippen LogP) is 3.43. The molecule has 0 aliphatic heterocycles. The molecular formula is C26H26BrN3O3. The zero-order valence-corrected chi connectivity index (χ0v) is 19.6. The normalized spacial score (nSPS) is 26.7. The van der Waals surface area contributed by atoms with Crippen molar-refractivity contribution < 1.29 is 14.4 Å². The third-order valence-electron chi connectivity index (χ3n) is 7.50. The second-order valence-corrected chi connectivity index (χ2v) is 10.3. The molecule has 3 aliphatic rings. The van der Waals surface area contributed by atoms with Crippen LogP contribution in [0, 0.1) is 29.1 Å². The molecule has 2 aromatic carbocycles. The molecule has 2 saturated carbocycles. The molecule has 2 bridgehead atoms.